The third-order valence-corrected chi connectivity index (χ3v) is 9.99. The van der Waals surface area contributed by atoms with Crippen molar-refractivity contribution in [1.82, 2.24) is 14.1 Å². The molecular weight excluding hydrogens is 690 g/mol. The van der Waals surface area contributed by atoms with Crippen molar-refractivity contribution in [3.63, 3.8) is 0 Å². The zero-order valence-corrected chi connectivity index (χ0v) is 29.3. The van der Waals surface area contributed by atoms with E-state index in [2.05, 4.69) is 4.98 Å². The van der Waals surface area contributed by atoms with Crippen molar-refractivity contribution in [2.24, 2.45) is 0 Å². The molecule has 14 heteroatoms. The number of hydrogen-bond donors (Lipinski definition) is 0. The van der Waals surface area contributed by atoms with Gasteiger partial charge in [-0.2, -0.15) is 0 Å². The highest BCUT2D eigenvalue weighted by Gasteiger charge is 2.17. The number of carbonyl (C=O) groups excluding carboxylic acids is 1. The molecule has 0 N–H and O–H groups in total. The summed E-state index contributed by atoms with van der Waals surface area (Å²) in [5, 5.41) is 0. The van der Waals surface area contributed by atoms with E-state index in [1.165, 1.54) is 34.6 Å². The van der Waals surface area contributed by atoms with E-state index in [1.54, 1.807) is 85.2 Å². The van der Waals surface area contributed by atoms with E-state index in [1.807, 2.05) is 0 Å². The van der Waals surface area contributed by atoms with E-state index < -0.39 is 25.6 Å². The van der Waals surface area contributed by atoms with Gasteiger partial charge in [0.15, 0.2) is 19.7 Å². The molecule has 0 aliphatic rings. The number of aromatic nitrogens is 3. The molecule has 0 aliphatic carbocycles. The van der Waals surface area contributed by atoms with Crippen LogP contribution in [-0.2, 0) is 49.8 Å². The lowest BCUT2D eigenvalue weighted by Crippen LogP contribution is -2.19. The molecule has 0 fully saturated rings. The fraction of sp³-hybridized carbons (Fsp3) is 0.200. The molecule has 0 atom stereocenters. The fourth-order valence-electron chi connectivity index (χ4n) is 4.92. The largest absolute Gasteiger partial charge is 0.465 e. The summed E-state index contributed by atoms with van der Waals surface area (Å²) < 4.78 is 56.1. The number of ether oxygens (including phenoxy) is 1. The first-order chi connectivity index (χ1) is 23.2. The third-order valence-electron chi connectivity index (χ3n) is 7.32. The Morgan fingerprint density at radius 2 is 1.24 bits per heavy atom. The molecule has 49 heavy (non-hydrogen) atoms. The molecule has 0 saturated carbocycles. The average Bonchev–Trinajstić information content (AvgIpc) is 3.06. The standard InChI is InChI=1S/C21H20N2O5S.C14H14ClNO3S/c1-28-21(25)16-8-9-22-18(13-16)11-15-6-7-17(19(12-15)29(2,26)27)14-23-10-4-3-5-20(23)24;1-20(18,19)13-8-11(9-15)5-6-12(13)10-16-7-3-2-4-14(16)17/h3-10,12-13H,11,14H2,1-2H3;2-8H,9-10H2,1H3. The lowest BCUT2D eigenvalue weighted by molar-refractivity contribution is 0.0600. The number of hydrogen-bond acceptors (Lipinski definition) is 9. The number of methoxy groups -OCH3 is 1. The number of pyridine rings is 3. The van der Waals surface area contributed by atoms with Crippen LogP contribution in [0.15, 0.2) is 123 Å². The molecule has 0 saturated heterocycles. The van der Waals surface area contributed by atoms with Crippen LogP contribution < -0.4 is 11.1 Å². The van der Waals surface area contributed by atoms with Gasteiger partial charge < -0.3 is 13.9 Å². The van der Waals surface area contributed by atoms with Gasteiger partial charge in [0.25, 0.3) is 11.1 Å². The minimum absolute atomic E-state index is 0.151. The summed E-state index contributed by atoms with van der Waals surface area (Å²) in [6.07, 6.45) is 7.39. The van der Waals surface area contributed by atoms with Gasteiger partial charge in [-0.25, -0.2) is 21.6 Å². The van der Waals surface area contributed by atoms with E-state index in [-0.39, 0.29) is 39.9 Å². The second-order valence-electron chi connectivity index (χ2n) is 11.1. The summed E-state index contributed by atoms with van der Waals surface area (Å²) >= 11 is 5.74. The lowest BCUT2D eigenvalue weighted by atomic mass is 10.1. The van der Waals surface area contributed by atoms with E-state index in [0.717, 1.165) is 23.6 Å². The third kappa shape index (κ3) is 10.1. The van der Waals surface area contributed by atoms with Crippen LogP contribution in [0.1, 0.15) is 38.3 Å². The molecule has 3 heterocycles. The van der Waals surface area contributed by atoms with Crippen molar-refractivity contribution in [3.8, 4) is 0 Å². The van der Waals surface area contributed by atoms with Crippen molar-refractivity contribution in [1.29, 1.82) is 0 Å². The van der Waals surface area contributed by atoms with Gasteiger partial charge in [-0.15, -0.1) is 11.6 Å². The maximum Gasteiger partial charge on any atom is 0.337 e. The summed E-state index contributed by atoms with van der Waals surface area (Å²) in [5.74, 6) is -0.220. The highest BCUT2D eigenvalue weighted by Crippen LogP contribution is 2.22. The molecule has 0 aliphatic heterocycles. The van der Waals surface area contributed by atoms with Crippen LogP contribution in [0.2, 0.25) is 0 Å². The van der Waals surface area contributed by atoms with Crippen molar-refractivity contribution in [2.45, 2.75) is 35.2 Å². The van der Waals surface area contributed by atoms with Crippen LogP contribution in [0, 0.1) is 0 Å². The molecule has 256 valence electrons. The Morgan fingerprint density at radius 3 is 1.71 bits per heavy atom. The number of sulfone groups is 2. The van der Waals surface area contributed by atoms with Gasteiger partial charge in [0.2, 0.25) is 0 Å². The number of benzene rings is 2. The maximum absolute atomic E-state index is 12.4. The van der Waals surface area contributed by atoms with Crippen molar-refractivity contribution < 1.29 is 26.4 Å². The number of rotatable bonds is 10. The predicted octanol–water partition coefficient (Wildman–Crippen LogP) is 4.11. The quantitative estimate of drug-likeness (QED) is 0.153. The summed E-state index contributed by atoms with van der Waals surface area (Å²) in [6, 6.07) is 22.9. The summed E-state index contributed by atoms with van der Waals surface area (Å²) in [6.45, 7) is 0.364. The maximum atomic E-state index is 12.4. The number of esters is 1. The lowest BCUT2D eigenvalue weighted by Gasteiger charge is -2.12. The first-order valence-corrected chi connectivity index (χ1v) is 19.0. The molecule has 5 aromatic rings. The van der Waals surface area contributed by atoms with Gasteiger partial charge in [-0.1, -0.05) is 36.4 Å². The molecule has 0 bridgehead atoms. The molecule has 0 radical (unpaired) electrons. The average molecular weight is 724 g/mol. The Labute approximate surface area is 289 Å². The van der Waals surface area contributed by atoms with E-state index in [9.17, 15) is 31.2 Å². The summed E-state index contributed by atoms with van der Waals surface area (Å²) in [5.41, 5.74) is 3.17. The van der Waals surface area contributed by atoms with Gasteiger partial charge in [-0.05, 0) is 58.7 Å². The van der Waals surface area contributed by atoms with Crippen LogP contribution in [0.3, 0.4) is 0 Å². The smallest absolute Gasteiger partial charge is 0.337 e. The van der Waals surface area contributed by atoms with E-state index >= 15 is 0 Å². The van der Waals surface area contributed by atoms with Crippen LogP contribution in [-0.4, -0.2) is 56.5 Å². The van der Waals surface area contributed by atoms with Crippen LogP contribution in [0.5, 0.6) is 0 Å². The Bertz CT molecular complexity index is 2320. The van der Waals surface area contributed by atoms with Crippen LogP contribution >= 0.6 is 11.6 Å². The molecule has 0 unspecified atom stereocenters. The summed E-state index contributed by atoms with van der Waals surface area (Å²) in [7, 11) is -5.59. The second kappa shape index (κ2) is 16.0. The number of carbonyl (C=O) groups is 1. The zero-order chi connectivity index (χ0) is 35.8. The Morgan fingerprint density at radius 1 is 0.735 bits per heavy atom. The first-order valence-electron chi connectivity index (χ1n) is 14.7. The number of nitrogens with zero attached hydrogens (tertiary/aromatic N) is 3. The van der Waals surface area contributed by atoms with Crippen molar-refractivity contribution in [3.05, 3.63) is 158 Å². The number of alkyl halides is 1. The minimum Gasteiger partial charge on any atom is -0.465 e. The molecule has 0 spiro atoms. The molecule has 2 aromatic carbocycles. The van der Waals surface area contributed by atoms with E-state index in [4.69, 9.17) is 16.3 Å². The topological polar surface area (TPSA) is 151 Å². The van der Waals surface area contributed by atoms with Crippen LogP contribution in [0.4, 0.5) is 0 Å². The Kier molecular flexibility index (Phi) is 12.1. The molecule has 3 aromatic heterocycles. The molecule has 5 rings (SSSR count). The molecule has 11 nitrogen and oxygen atoms in total. The molecule has 0 amide bonds. The first kappa shape index (κ1) is 37.0. The van der Waals surface area contributed by atoms with E-state index in [0.29, 0.717) is 28.8 Å². The minimum atomic E-state index is -3.52. The SMILES string of the molecule is COC(=O)c1ccnc(Cc2ccc(Cn3ccccc3=O)c(S(C)(=O)=O)c2)c1.CS(=O)(=O)c1cc(CCl)ccc1Cn1ccccc1=O. The van der Waals surface area contributed by atoms with Gasteiger partial charge >= 0.3 is 5.97 Å². The summed E-state index contributed by atoms with van der Waals surface area (Å²) in [4.78, 5) is 40.0. The highest BCUT2D eigenvalue weighted by atomic mass is 35.5. The highest BCUT2D eigenvalue weighted by molar-refractivity contribution is 7.91. The fourth-order valence-corrected chi connectivity index (χ4v) is 7.04. The second-order valence-corrected chi connectivity index (χ2v) is 15.3. The normalized spacial score (nSPS) is 11.3. The van der Waals surface area contributed by atoms with Crippen LogP contribution in [0.25, 0.3) is 0 Å². The monoisotopic (exact) mass is 723 g/mol. The Balaban J connectivity index is 0.000000237. The van der Waals surface area contributed by atoms with Crippen molar-refractivity contribution >= 4 is 37.2 Å². The zero-order valence-electron chi connectivity index (χ0n) is 26.9. The van der Waals surface area contributed by atoms with Gasteiger partial charge in [0.1, 0.15) is 0 Å². The van der Waals surface area contributed by atoms with Gasteiger partial charge in [-0.3, -0.25) is 14.6 Å². The number of halogens is 1. The van der Waals surface area contributed by atoms with Crippen molar-refractivity contribution in [2.75, 3.05) is 19.6 Å². The van der Waals surface area contributed by atoms with Gasteiger partial charge in [0, 0.05) is 61.2 Å². The van der Waals surface area contributed by atoms with Gasteiger partial charge in [0.05, 0.1) is 35.6 Å². The molecular formula is C35H34ClN3O8S2. The Hall–Kier alpha value is -4.85. The predicted molar refractivity (Wildman–Crippen MR) is 187 cm³/mol.